The van der Waals surface area contributed by atoms with E-state index in [1.165, 1.54) is 12.1 Å². The first-order chi connectivity index (χ1) is 8.97. The fourth-order valence-electron chi connectivity index (χ4n) is 1.58. The number of hydrogen-bond donors (Lipinski definition) is 0. The number of nitro groups is 1. The molecule has 0 amide bonds. The first kappa shape index (κ1) is 13.5. The molecule has 0 bridgehead atoms. The van der Waals surface area contributed by atoms with Crippen LogP contribution >= 0.6 is 15.9 Å². The summed E-state index contributed by atoms with van der Waals surface area (Å²) in [5.41, 5.74) is 1.27. The molecule has 1 heterocycles. The minimum atomic E-state index is -0.462. The van der Waals surface area contributed by atoms with Crippen LogP contribution in [0.1, 0.15) is 11.3 Å². The number of halogens is 1. The Hall–Kier alpha value is -1.95. The molecule has 2 rings (SSSR count). The van der Waals surface area contributed by atoms with Gasteiger partial charge in [0, 0.05) is 16.6 Å². The monoisotopic (exact) mass is 322 g/mol. The molecule has 0 spiro atoms. The first-order valence-electron chi connectivity index (χ1n) is 5.53. The Labute approximate surface area is 118 Å². The van der Waals surface area contributed by atoms with Gasteiger partial charge in [0.05, 0.1) is 4.92 Å². The SMILES string of the molecule is Cc1ccc(Br)cc1Oc1ccc([N+](=O)[O-])c(C)n1. The Kier molecular flexibility index (Phi) is 3.80. The molecule has 0 saturated heterocycles. The lowest BCUT2D eigenvalue weighted by molar-refractivity contribution is -0.385. The molecule has 1 aromatic carbocycles. The Morgan fingerprint density at radius 3 is 2.63 bits per heavy atom. The molecule has 19 heavy (non-hydrogen) atoms. The lowest BCUT2D eigenvalue weighted by Crippen LogP contribution is -1.96. The molecule has 0 fully saturated rings. The van der Waals surface area contributed by atoms with Crippen LogP contribution in [0.5, 0.6) is 11.6 Å². The van der Waals surface area contributed by atoms with Gasteiger partial charge >= 0.3 is 0 Å². The van der Waals surface area contributed by atoms with Crippen molar-refractivity contribution in [3.05, 3.63) is 56.2 Å². The standard InChI is InChI=1S/C13H11BrN2O3/c1-8-3-4-10(14)7-12(8)19-13-6-5-11(16(17)18)9(2)15-13/h3-7H,1-2H3. The van der Waals surface area contributed by atoms with Gasteiger partial charge in [0.2, 0.25) is 5.88 Å². The van der Waals surface area contributed by atoms with Crippen molar-refractivity contribution in [2.24, 2.45) is 0 Å². The topological polar surface area (TPSA) is 65.3 Å². The van der Waals surface area contributed by atoms with E-state index in [4.69, 9.17) is 4.74 Å². The van der Waals surface area contributed by atoms with Crippen LogP contribution in [0.25, 0.3) is 0 Å². The van der Waals surface area contributed by atoms with Crippen molar-refractivity contribution in [2.75, 3.05) is 0 Å². The zero-order chi connectivity index (χ0) is 14.0. The van der Waals surface area contributed by atoms with E-state index in [1.54, 1.807) is 6.92 Å². The lowest BCUT2D eigenvalue weighted by atomic mass is 10.2. The van der Waals surface area contributed by atoms with E-state index in [0.29, 0.717) is 17.3 Å². The second kappa shape index (κ2) is 5.36. The van der Waals surface area contributed by atoms with Crippen LogP contribution in [-0.4, -0.2) is 9.91 Å². The smallest absolute Gasteiger partial charge is 0.290 e. The summed E-state index contributed by atoms with van der Waals surface area (Å²) in [4.78, 5) is 14.3. The van der Waals surface area contributed by atoms with Crippen LogP contribution in [0.2, 0.25) is 0 Å². The number of rotatable bonds is 3. The van der Waals surface area contributed by atoms with E-state index in [-0.39, 0.29) is 5.69 Å². The van der Waals surface area contributed by atoms with E-state index < -0.39 is 4.92 Å². The summed E-state index contributed by atoms with van der Waals surface area (Å²) in [5.74, 6) is 0.999. The van der Waals surface area contributed by atoms with E-state index in [9.17, 15) is 10.1 Å². The number of nitrogens with zero attached hydrogens (tertiary/aromatic N) is 2. The van der Waals surface area contributed by atoms with Gasteiger partial charge in [-0.05, 0) is 31.5 Å². The highest BCUT2D eigenvalue weighted by atomic mass is 79.9. The minimum Gasteiger partial charge on any atom is -0.439 e. The van der Waals surface area contributed by atoms with Gasteiger partial charge in [0.1, 0.15) is 11.4 Å². The maximum Gasteiger partial charge on any atom is 0.290 e. The van der Waals surface area contributed by atoms with Crippen molar-refractivity contribution in [2.45, 2.75) is 13.8 Å². The van der Waals surface area contributed by atoms with Gasteiger partial charge in [0.15, 0.2) is 0 Å². The average Bonchev–Trinajstić information content (AvgIpc) is 2.33. The minimum absolute atomic E-state index is 0.0154. The van der Waals surface area contributed by atoms with Crippen molar-refractivity contribution in [3.8, 4) is 11.6 Å². The van der Waals surface area contributed by atoms with Crippen LogP contribution in [0.15, 0.2) is 34.8 Å². The van der Waals surface area contributed by atoms with Crippen molar-refractivity contribution in [1.29, 1.82) is 0 Å². The van der Waals surface area contributed by atoms with Crippen LogP contribution in [0.3, 0.4) is 0 Å². The van der Waals surface area contributed by atoms with Gasteiger partial charge < -0.3 is 4.74 Å². The van der Waals surface area contributed by atoms with E-state index in [2.05, 4.69) is 20.9 Å². The number of aryl methyl sites for hydroxylation is 2. The van der Waals surface area contributed by atoms with Gasteiger partial charge in [-0.15, -0.1) is 0 Å². The molecule has 1 aromatic heterocycles. The second-order valence-electron chi connectivity index (χ2n) is 4.02. The fraction of sp³-hybridized carbons (Fsp3) is 0.154. The largest absolute Gasteiger partial charge is 0.439 e. The quantitative estimate of drug-likeness (QED) is 0.628. The Bertz CT molecular complexity index is 644. The molecule has 0 radical (unpaired) electrons. The third kappa shape index (κ3) is 3.08. The summed E-state index contributed by atoms with van der Waals surface area (Å²) in [6.45, 7) is 3.50. The highest BCUT2D eigenvalue weighted by Crippen LogP contribution is 2.28. The van der Waals surface area contributed by atoms with Gasteiger partial charge in [-0.25, -0.2) is 4.98 Å². The van der Waals surface area contributed by atoms with Gasteiger partial charge in [-0.2, -0.15) is 0 Å². The van der Waals surface area contributed by atoms with Crippen molar-refractivity contribution in [1.82, 2.24) is 4.98 Å². The zero-order valence-electron chi connectivity index (χ0n) is 10.4. The fourth-order valence-corrected chi connectivity index (χ4v) is 1.92. The van der Waals surface area contributed by atoms with E-state index >= 15 is 0 Å². The number of benzene rings is 1. The summed E-state index contributed by atoms with van der Waals surface area (Å²) < 4.78 is 6.54. The predicted molar refractivity (Wildman–Crippen MR) is 74.6 cm³/mol. The molecule has 0 saturated carbocycles. The third-order valence-electron chi connectivity index (χ3n) is 2.59. The molecule has 0 aliphatic rings. The summed E-state index contributed by atoms with van der Waals surface area (Å²) in [7, 11) is 0. The molecule has 2 aromatic rings. The van der Waals surface area contributed by atoms with E-state index in [0.717, 1.165) is 10.0 Å². The predicted octanol–water partition coefficient (Wildman–Crippen LogP) is 4.16. The molecular formula is C13H11BrN2O3. The molecule has 5 nitrogen and oxygen atoms in total. The molecule has 6 heteroatoms. The number of aromatic nitrogens is 1. The molecule has 98 valence electrons. The van der Waals surface area contributed by atoms with Crippen molar-refractivity contribution in [3.63, 3.8) is 0 Å². The maximum absolute atomic E-state index is 10.7. The molecule has 0 N–H and O–H groups in total. The highest BCUT2D eigenvalue weighted by molar-refractivity contribution is 9.10. The van der Waals surface area contributed by atoms with Gasteiger partial charge in [0.25, 0.3) is 5.69 Å². The van der Waals surface area contributed by atoms with Crippen LogP contribution in [-0.2, 0) is 0 Å². The highest BCUT2D eigenvalue weighted by Gasteiger charge is 2.13. The Balaban J connectivity index is 2.31. The normalized spacial score (nSPS) is 10.3. The lowest BCUT2D eigenvalue weighted by Gasteiger charge is -2.08. The van der Waals surface area contributed by atoms with Gasteiger partial charge in [-0.1, -0.05) is 22.0 Å². The van der Waals surface area contributed by atoms with E-state index in [1.807, 2.05) is 25.1 Å². The molecule has 0 atom stereocenters. The summed E-state index contributed by atoms with van der Waals surface area (Å²) in [6.07, 6.45) is 0. The van der Waals surface area contributed by atoms with Crippen LogP contribution in [0, 0.1) is 24.0 Å². The van der Waals surface area contributed by atoms with Crippen molar-refractivity contribution >= 4 is 21.6 Å². The van der Waals surface area contributed by atoms with Crippen molar-refractivity contribution < 1.29 is 9.66 Å². The third-order valence-corrected chi connectivity index (χ3v) is 3.09. The number of pyridine rings is 1. The Morgan fingerprint density at radius 2 is 2.00 bits per heavy atom. The second-order valence-corrected chi connectivity index (χ2v) is 4.94. The number of hydrogen-bond acceptors (Lipinski definition) is 4. The van der Waals surface area contributed by atoms with Gasteiger partial charge in [-0.3, -0.25) is 10.1 Å². The average molecular weight is 323 g/mol. The zero-order valence-corrected chi connectivity index (χ0v) is 12.0. The molecule has 0 aliphatic heterocycles. The first-order valence-corrected chi connectivity index (χ1v) is 6.32. The summed E-state index contributed by atoms with van der Waals surface area (Å²) in [5, 5.41) is 10.7. The van der Waals surface area contributed by atoms with Crippen LogP contribution in [0.4, 0.5) is 5.69 Å². The summed E-state index contributed by atoms with van der Waals surface area (Å²) >= 11 is 3.37. The Morgan fingerprint density at radius 1 is 1.26 bits per heavy atom. The van der Waals surface area contributed by atoms with Crippen LogP contribution < -0.4 is 4.74 Å². The molecule has 0 aliphatic carbocycles. The maximum atomic E-state index is 10.7. The molecule has 0 unspecified atom stereocenters. The summed E-state index contributed by atoms with van der Waals surface area (Å²) in [6, 6.07) is 8.54. The number of ether oxygens (including phenoxy) is 1. The molecular weight excluding hydrogens is 312 g/mol.